The van der Waals surface area contributed by atoms with Gasteiger partial charge in [0, 0.05) is 16.2 Å². The largest absolute Gasteiger partial charge is 0.369 e. The molecule has 4 heteroatoms. The van der Waals surface area contributed by atoms with Crippen molar-refractivity contribution in [3.8, 4) is 0 Å². The molecular weight excluding hydrogens is 259 g/mol. The van der Waals surface area contributed by atoms with Gasteiger partial charge in [-0.15, -0.1) is 11.8 Å². The van der Waals surface area contributed by atoms with Gasteiger partial charge in [0.1, 0.15) is 5.82 Å². The number of benzene rings is 1. The number of anilines is 1. The summed E-state index contributed by atoms with van der Waals surface area (Å²) in [6, 6.07) is 15.2. The van der Waals surface area contributed by atoms with E-state index in [0.717, 1.165) is 6.54 Å². The zero-order valence-electron chi connectivity index (χ0n) is 10.5. The molecule has 1 heterocycles. The van der Waals surface area contributed by atoms with Crippen LogP contribution in [0.25, 0.3) is 0 Å². The highest BCUT2D eigenvalue weighted by Gasteiger charge is 2.43. The molecule has 1 N–H and O–H groups in total. The maximum atomic E-state index is 13.0. The molecule has 0 amide bonds. The zero-order chi connectivity index (χ0) is 13.1. The first kappa shape index (κ1) is 12.5. The number of hydrogen-bond donors (Lipinski definition) is 1. The van der Waals surface area contributed by atoms with E-state index in [4.69, 9.17) is 0 Å². The van der Waals surface area contributed by atoms with Gasteiger partial charge in [-0.05, 0) is 37.1 Å². The molecule has 1 aliphatic rings. The topological polar surface area (TPSA) is 24.9 Å². The van der Waals surface area contributed by atoms with Gasteiger partial charge in [-0.1, -0.05) is 24.3 Å². The quantitative estimate of drug-likeness (QED) is 0.835. The second-order valence-electron chi connectivity index (χ2n) is 4.80. The molecular formula is C15H15FN2S. The number of thioether (sulfide) groups is 1. The number of aromatic nitrogens is 1. The maximum Gasteiger partial charge on any atom is 0.214 e. The molecule has 0 unspecified atom stereocenters. The van der Waals surface area contributed by atoms with Crippen molar-refractivity contribution in [1.29, 1.82) is 0 Å². The number of pyridine rings is 1. The summed E-state index contributed by atoms with van der Waals surface area (Å²) in [5, 5.41) is 3.24. The van der Waals surface area contributed by atoms with Crippen molar-refractivity contribution in [2.45, 2.75) is 22.5 Å². The van der Waals surface area contributed by atoms with Crippen molar-refractivity contribution in [1.82, 2.24) is 4.98 Å². The summed E-state index contributed by atoms with van der Waals surface area (Å²) < 4.78 is 13.2. The van der Waals surface area contributed by atoms with E-state index in [0.29, 0.717) is 5.82 Å². The molecule has 1 aromatic heterocycles. The van der Waals surface area contributed by atoms with Gasteiger partial charge < -0.3 is 5.32 Å². The van der Waals surface area contributed by atoms with E-state index in [1.165, 1.54) is 23.8 Å². The predicted molar refractivity (Wildman–Crippen MR) is 76.9 cm³/mol. The molecule has 0 radical (unpaired) electrons. The normalized spacial score (nSPS) is 16.1. The minimum Gasteiger partial charge on any atom is -0.369 e. The summed E-state index contributed by atoms with van der Waals surface area (Å²) in [6.45, 7) is 0.822. The Morgan fingerprint density at radius 3 is 2.58 bits per heavy atom. The maximum absolute atomic E-state index is 13.0. The number of hydrogen-bond acceptors (Lipinski definition) is 3. The third kappa shape index (κ3) is 3.26. The lowest BCUT2D eigenvalue weighted by atomic mass is 10.4. The van der Waals surface area contributed by atoms with Crippen LogP contribution in [0.4, 0.5) is 10.2 Å². The molecule has 2 nitrogen and oxygen atoms in total. The highest BCUT2D eigenvalue weighted by molar-refractivity contribution is 8.01. The third-order valence-corrected chi connectivity index (χ3v) is 4.69. The predicted octanol–water partition coefficient (Wildman–Crippen LogP) is 3.96. The molecule has 1 aromatic carbocycles. The van der Waals surface area contributed by atoms with Gasteiger partial charge in [0.15, 0.2) is 0 Å². The van der Waals surface area contributed by atoms with Gasteiger partial charge >= 0.3 is 0 Å². The van der Waals surface area contributed by atoms with E-state index in [2.05, 4.69) is 34.6 Å². The number of nitrogens with zero attached hydrogens (tertiary/aromatic N) is 1. The Labute approximate surface area is 116 Å². The molecule has 1 fully saturated rings. The summed E-state index contributed by atoms with van der Waals surface area (Å²) in [5.74, 6) is 0.172. The van der Waals surface area contributed by atoms with Crippen LogP contribution in [0.5, 0.6) is 0 Å². The summed E-state index contributed by atoms with van der Waals surface area (Å²) in [6.07, 6.45) is 2.38. The molecule has 0 saturated heterocycles. The SMILES string of the molecule is Fc1cccc(NCC2(Sc3ccccc3)CC2)n1. The summed E-state index contributed by atoms with van der Waals surface area (Å²) in [4.78, 5) is 5.11. The Bertz CT molecular complexity index is 555. The molecule has 0 atom stereocenters. The van der Waals surface area contributed by atoms with E-state index in [-0.39, 0.29) is 4.75 Å². The van der Waals surface area contributed by atoms with Crippen LogP contribution in [0.3, 0.4) is 0 Å². The first-order valence-corrected chi connectivity index (χ1v) is 7.18. The Morgan fingerprint density at radius 2 is 1.89 bits per heavy atom. The molecule has 0 aliphatic heterocycles. The smallest absolute Gasteiger partial charge is 0.214 e. The monoisotopic (exact) mass is 274 g/mol. The Morgan fingerprint density at radius 1 is 1.11 bits per heavy atom. The molecule has 1 saturated carbocycles. The van der Waals surface area contributed by atoms with E-state index in [9.17, 15) is 4.39 Å². The number of rotatable bonds is 5. The van der Waals surface area contributed by atoms with E-state index >= 15 is 0 Å². The molecule has 19 heavy (non-hydrogen) atoms. The molecule has 0 bridgehead atoms. The Hall–Kier alpha value is -1.55. The van der Waals surface area contributed by atoms with Gasteiger partial charge in [-0.25, -0.2) is 4.98 Å². The van der Waals surface area contributed by atoms with Crippen LogP contribution in [-0.2, 0) is 0 Å². The fourth-order valence-electron chi connectivity index (χ4n) is 1.95. The number of halogens is 1. The minimum absolute atomic E-state index is 0.245. The first-order valence-electron chi connectivity index (χ1n) is 6.36. The average molecular weight is 274 g/mol. The van der Waals surface area contributed by atoms with Crippen molar-refractivity contribution in [2.75, 3.05) is 11.9 Å². The van der Waals surface area contributed by atoms with Crippen LogP contribution in [0.2, 0.25) is 0 Å². The van der Waals surface area contributed by atoms with Gasteiger partial charge in [0.2, 0.25) is 5.95 Å². The first-order chi connectivity index (χ1) is 9.26. The molecule has 1 aliphatic carbocycles. The van der Waals surface area contributed by atoms with Crippen LogP contribution in [0.15, 0.2) is 53.4 Å². The fourth-order valence-corrected chi connectivity index (χ4v) is 3.19. The second kappa shape index (κ2) is 5.21. The van der Waals surface area contributed by atoms with Crippen molar-refractivity contribution < 1.29 is 4.39 Å². The highest BCUT2D eigenvalue weighted by Crippen LogP contribution is 2.51. The van der Waals surface area contributed by atoms with E-state index in [1.807, 2.05) is 17.8 Å². The summed E-state index contributed by atoms with van der Waals surface area (Å²) in [5.41, 5.74) is 0. The molecule has 0 spiro atoms. The number of nitrogens with one attached hydrogen (secondary N) is 1. The molecule has 98 valence electrons. The van der Waals surface area contributed by atoms with Crippen LogP contribution >= 0.6 is 11.8 Å². The Kier molecular flexibility index (Phi) is 3.42. The third-order valence-electron chi connectivity index (χ3n) is 3.19. The lowest BCUT2D eigenvalue weighted by molar-refractivity contribution is 0.585. The van der Waals surface area contributed by atoms with E-state index in [1.54, 1.807) is 12.1 Å². The molecule has 3 rings (SSSR count). The lowest BCUT2D eigenvalue weighted by Crippen LogP contribution is -2.18. The van der Waals surface area contributed by atoms with Crippen molar-refractivity contribution in [3.63, 3.8) is 0 Å². The molecule has 2 aromatic rings. The van der Waals surface area contributed by atoms with Crippen LogP contribution in [-0.4, -0.2) is 16.3 Å². The summed E-state index contributed by atoms with van der Waals surface area (Å²) >= 11 is 1.90. The standard InChI is InChI=1S/C15H15FN2S/c16-13-7-4-8-14(18-13)17-11-15(9-10-15)19-12-5-2-1-3-6-12/h1-8H,9-11H2,(H,17,18). The van der Waals surface area contributed by atoms with Crippen LogP contribution in [0, 0.1) is 5.95 Å². The second-order valence-corrected chi connectivity index (χ2v) is 6.34. The van der Waals surface area contributed by atoms with Crippen molar-refractivity contribution >= 4 is 17.6 Å². The zero-order valence-corrected chi connectivity index (χ0v) is 11.3. The highest BCUT2D eigenvalue weighted by atomic mass is 32.2. The van der Waals surface area contributed by atoms with Crippen molar-refractivity contribution in [2.24, 2.45) is 0 Å². The van der Waals surface area contributed by atoms with Gasteiger partial charge in [-0.2, -0.15) is 4.39 Å². The van der Waals surface area contributed by atoms with E-state index < -0.39 is 5.95 Å². The van der Waals surface area contributed by atoms with Crippen molar-refractivity contribution in [3.05, 3.63) is 54.5 Å². The van der Waals surface area contributed by atoms with Gasteiger partial charge in [0.05, 0.1) is 0 Å². The summed E-state index contributed by atoms with van der Waals surface area (Å²) in [7, 11) is 0. The van der Waals surface area contributed by atoms with Crippen LogP contribution < -0.4 is 5.32 Å². The average Bonchev–Trinajstić information content (AvgIpc) is 3.18. The lowest BCUT2D eigenvalue weighted by Gasteiger charge is -2.16. The van der Waals surface area contributed by atoms with Crippen LogP contribution in [0.1, 0.15) is 12.8 Å². The minimum atomic E-state index is -0.439. The van der Waals surface area contributed by atoms with Gasteiger partial charge in [0.25, 0.3) is 0 Å². The van der Waals surface area contributed by atoms with Gasteiger partial charge in [-0.3, -0.25) is 0 Å². The fraction of sp³-hybridized carbons (Fsp3) is 0.267. The Balaban J connectivity index is 1.60.